The Labute approximate surface area is 99.1 Å². The van der Waals surface area contributed by atoms with Gasteiger partial charge in [-0.3, -0.25) is 9.71 Å². The number of aromatic carboxylic acids is 1. The molecule has 0 fully saturated rings. The number of carboxylic acids is 1. The molecule has 1 rings (SSSR count). The quantitative estimate of drug-likeness (QED) is 0.686. The van der Waals surface area contributed by atoms with E-state index in [-0.39, 0.29) is 17.8 Å². The average molecular weight is 259 g/mol. The molecular weight excluding hydrogens is 246 g/mol. The fourth-order valence-electron chi connectivity index (χ4n) is 1.08. The van der Waals surface area contributed by atoms with Gasteiger partial charge in [-0.15, -0.1) is 0 Å². The summed E-state index contributed by atoms with van der Waals surface area (Å²) in [4.78, 5) is 14.5. The highest BCUT2D eigenvalue weighted by Gasteiger charge is 2.15. The first-order valence-electron chi connectivity index (χ1n) is 4.91. The minimum atomic E-state index is -3.76. The van der Waals surface area contributed by atoms with Crippen molar-refractivity contribution in [3.8, 4) is 0 Å². The van der Waals surface area contributed by atoms with Gasteiger partial charge in [-0.2, -0.15) is 13.1 Å². The highest BCUT2D eigenvalue weighted by atomic mass is 32.2. The topological polar surface area (TPSA) is 108 Å². The van der Waals surface area contributed by atoms with E-state index in [4.69, 9.17) is 5.11 Å². The molecule has 8 heteroatoms. The molecule has 0 aliphatic heterocycles. The molecule has 7 nitrogen and oxygen atoms in total. The van der Waals surface area contributed by atoms with Gasteiger partial charge in [0, 0.05) is 12.7 Å². The number of hydrogen-bond donors (Lipinski definition) is 3. The molecule has 0 unspecified atom stereocenters. The lowest BCUT2D eigenvalue weighted by Crippen LogP contribution is -2.31. The number of aromatic nitrogens is 1. The van der Waals surface area contributed by atoms with Crippen molar-refractivity contribution in [1.82, 2.24) is 9.71 Å². The number of nitrogens with one attached hydrogen (secondary N) is 2. The first kappa shape index (κ1) is 13.4. The first-order chi connectivity index (χ1) is 7.96. The molecule has 0 aliphatic carbocycles. The summed E-state index contributed by atoms with van der Waals surface area (Å²) < 4.78 is 27.4. The van der Waals surface area contributed by atoms with Gasteiger partial charge in [0.1, 0.15) is 0 Å². The van der Waals surface area contributed by atoms with Crippen LogP contribution in [0.5, 0.6) is 0 Å². The van der Waals surface area contributed by atoms with Crippen molar-refractivity contribution in [2.45, 2.75) is 13.3 Å². The van der Waals surface area contributed by atoms with Gasteiger partial charge in [-0.1, -0.05) is 6.92 Å². The molecular formula is C9H13N3O4S. The molecule has 1 heterocycles. The Balaban J connectivity index is 2.92. The van der Waals surface area contributed by atoms with Crippen molar-refractivity contribution in [1.29, 1.82) is 0 Å². The van der Waals surface area contributed by atoms with E-state index in [0.29, 0.717) is 6.42 Å². The maximum absolute atomic E-state index is 11.5. The summed E-state index contributed by atoms with van der Waals surface area (Å²) >= 11 is 0. The van der Waals surface area contributed by atoms with E-state index in [9.17, 15) is 13.2 Å². The Hall–Kier alpha value is -1.67. The summed E-state index contributed by atoms with van der Waals surface area (Å²) in [7, 11) is -3.76. The second kappa shape index (κ2) is 5.60. The molecule has 0 amide bonds. The predicted molar refractivity (Wildman–Crippen MR) is 62.0 cm³/mol. The lowest BCUT2D eigenvalue weighted by Gasteiger charge is -2.10. The van der Waals surface area contributed by atoms with E-state index in [2.05, 4.69) is 14.4 Å². The molecule has 1 aromatic heterocycles. The zero-order valence-corrected chi connectivity index (χ0v) is 9.99. The van der Waals surface area contributed by atoms with Gasteiger partial charge >= 0.3 is 5.97 Å². The van der Waals surface area contributed by atoms with Crippen LogP contribution in [0.4, 0.5) is 5.69 Å². The Bertz CT molecular complexity index is 501. The summed E-state index contributed by atoms with van der Waals surface area (Å²) in [5, 5.41) is 8.86. The maximum atomic E-state index is 11.5. The molecule has 0 bridgehead atoms. The van der Waals surface area contributed by atoms with Gasteiger partial charge in [0.2, 0.25) is 0 Å². The van der Waals surface area contributed by atoms with E-state index in [1.165, 1.54) is 12.3 Å². The molecule has 17 heavy (non-hydrogen) atoms. The zero-order valence-electron chi connectivity index (χ0n) is 9.17. The Morgan fingerprint density at radius 2 is 2.24 bits per heavy atom. The van der Waals surface area contributed by atoms with Crippen LogP contribution in [-0.4, -0.2) is 31.0 Å². The van der Waals surface area contributed by atoms with Crippen molar-refractivity contribution in [2.24, 2.45) is 0 Å². The lowest BCUT2D eigenvalue weighted by molar-refractivity contribution is 0.0698. The standard InChI is InChI=1S/C9H13N3O4S/c1-2-4-11-17(15,16)12-8-6-10-5-3-7(8)9(13)14/h3,5-6,11-12H,2,4H2,1H3,(H,13,14). The molecule has 0 radical (unpaired) electrons. The van der Waals surface area contributed by atoms with Gasteiger partial charge in [-0.05, 0) is 12.5 Å². The van der Waals surface area contributed by atoms with Crippen molar-refractivity contribution in [3.63, 3.8) is 0 Å². The van der Waals surface area contributed by atoms with Gasteiger partial charge < -0.3 is 5.11 Å². The fourth-order valence-corrected chi connectivity index (χ4v) is 2.08. The number of hydrogen-bond acceptors (Lipinski definition) is 4. The third-order valence-electron chi connectivity index (χ3n) is 1.84. The van der Waals surface area contributed by atoms with Crippen LogP contribution in [-0.2, 0) is 10.2 Å². The molecule has 0 saturated heterocycles. The van der Waals surface area contributed by atoms with Crippen LogP contribution in [0.1, 0.15) is 23.7 Å². The fraction of sp³-hybridized carbons (Fsp3) is 0.333. The third-order valence-corrected chi connectivity index (χ3v) is 2.91. The smallest absolute Gasteiger partial charge is 0.337 e. The second-order valence-electron chi connectivity index (χ2n) is 3.23. The number of rotatable bonds is 6. The van der Waals surface area contributed by atoms with Crippen LogP contribution in [0.15, 0.2) is 18.5 Å². The Kier molecular flexibility index (Phi) is 4.41. The monoisotopic (exact) mass is 259 g/mol. The SMILES string of the molecule is CCCNS(=O)(=O)Nc1cnccc1C(=O)O. The molecule has 0 atom stereocenters. The summed E-state index contributed by atoms with van der Waals surface area (Å²) in [5.74, 6) is -1.22. The van der Waals surface area contributed by atoms with Crippen LogP contribution in [0.25, 0.3) is 0 Å². The van der Waals surface area contributed by atoms with Crippen molar-refractivity contribution < 1.29 is 18.3 Å². The average Bonchev–Trinajstić information content (AvgIpc) is 2.26. The lowest BCUT2D eigenvalue weighted by atomic mass is 10.2. The van der Waals surface area contributed by atoms with Crippen LogP contribution >= 0.6 is 0 Å². The summed E-state index contributed by atoms with van der Waals surface area (Å²) in [5.41, 5.74) is -0.217. The normalized spacial score (nSPS) is 11.1. The number of carbonyl (C=O) groups is 1. The Morgan fingerprint density at radius 1 is 1.53 bits per heavy atom. The van der Waals surface area contributed by atoms with E-state index >= 15 is 0 Å². The number of nitrogens with zero attached hydrogens (tertiary/aromatic N) is 1. The molecule has 0 aromatic carbocycles. The summed E-state index contributed by atoms with van der Waals surface area (Å²) in [6.45, 7) is 2.09. The van der Waals surface area contributed by atoms with Crippen LogP contribution in [0.3, 0.4) is 0 Å². The molecule has 0 spiro atoms. The van der Waals surface area contributed by atoms with Crippen LogP contribution in [0.2, 0.25) is 0 Å². The second-order valence-corrected chi connectivity index (χ2v) is 4.73. The molecule has 0 aliphatic rings. The highest BCUT2D eigenvalue weighted by molar-refractivity contribution is 7.90. The predicted octanol–water partition coefficient (Wildman–Crippen LogP) is 0.436. The van der Waals surface area contributed by atoms with E-state index in [1.807, 2.05) is 6.92 Å². The number of pyridine rings is 1. The summed E-state index contributed by atoms with van der Waals surface area (Å²) in [6.07, 6.45) is 3.06. The van der Waals surface area contributed by atoms with Crippen LogP contribution < -0.4 is 9.44 Å². The first-order valence-corrected chi connectivity index (χ1v) is 6.39. The minimum absolute atomic E-state index is 0.0661. The largest absolute Gasteiger partial charge is 0.478 e. The minimum Gasteiger partial charge on any atom is -0.478 e. The van der Waals surface area contributed by atoms with Crippen LogP contribution in [0, 0.1) is 0 Å². The molecule has 1 aromatic rings. The van der Waals surface area contributed by atoms with Gasteiger partial charge in [-0.25, -0.2) is 4.79 Å². The maximum Gasteiger partial charge on any atom is 0.337 e. The molecule has 0 saturated carbocycles. The molecule has 3 N–H and O–H groups in total. The number of anilines is 1. The number of carboxylic acid groups (broad SMARTS) is 1. The van der Waals surface area contributed by atoms with E-state index in [1.54, 1.807) is 0 Å². The Morgan fingerprint density at radius 3 is 2.82 bits per heavy atom. The highest BCUT2D eigenvalue weighted by Crippen LogP contribution is 2.14. The van der Waals surface area contributed by atoms with Gasteiger partial charge in [0.05, 0.1) is 17.4 Å². The van der Waals surface area contributed by atoms with Crippen molar-refractivity contribution >= 4 is 21.9 Å². The van der Waals surface area contributed by atoms with Crippen molar-refractivity contribution in [2.75, 3.05) is 11.3 Å². The van der Waals surface area contributed by atoms with E-state index < -0.39 is 16.2 Å². The van der Waals surface area contributed by atoms with Gasteiger partial charge in [0.25, 0.3) is 10.2 Å². The zero-order chi connectivity index (χ0) is 12.9. The third kappa shape index (κ3) is 4.00. The van der Waals surface area contributed by atoms with E-state index in [0.717, 1.165) is 6.20 Å². The van der Waals surface area contributed by atoms with Gasteiger partial charge in [0.15, 0.2) is 0 Å². The molecule has 94 valence electrons. The summed E-state index contributed by atoms with van der Waals surface area (Å²) in [6, 6.07) is 1.22. The van der Waals surface area contributed by atoms with Crippen molar-refractivity contribution in [3.05, 3.63) is 24.0 Å².